The highest BCUT2D eigenvalue weighted by Gasteiger charge is 2.39. The van der Waals surface area contributed by atoms with Crippen LogP contribution in [-0.4, -0.2) is 81.8 Å². The molecule has 1 unspecified atom stereocenters. The number of nitrogens with zero attached hydrogens (tertiary/aromatic N) is 6. The van der Waals surface area contributed by atoms with Crippen LogP contribution in [0.2, 0.25) is 0 Å². The van der Waals surface area contributed by atoms with Gasteiger partial charge in [-0.05, 0) is 62.4 Å². The van der Waals surface area contributed by atoms with Gasteiger partial charge >= 0.3 is 6.09 Å². The van der Waals surface area contributed by atoms with Gasteiger partial charge in [0.25, 0.3) is 0 Å². The number of aromatic nitrogens is 3. The summed E-state index contributed by atoms with van der Waals surface area (Å²) in [6.07, 6.45) is 6.69. The lowest BCUT2D eigenvalue weighted by Gasteiger charge is -2.39. The lowest BCUT2D eigenvalue weighted by Crippen LogP contribution is -2.49. The van der Waals surface area contributed by atoms with E-state index in [4.69, 9.17) is 9.72 Å². The largest absolute Gasteiger partial charge is 0.447 e. The van der Waals surface area contributed by atoms with E-state index < -0.39 is 18.3 Å². The van der Waals surface area contributed by atoms with Gasteiger partial charge in [-0.3, -0.25) is 19.6 Å². The molecule has 0 radical (unpaired) electrons. The number of amides is 2. The second-order valence-corrected chi connectivity index (χ2v) is 11.0. The van der Waals surface area contributed by atoms with E-state index in [1.807, 2.05) is 18.0 Å². The van der Waals surface area contributed by atoms with E-state index in [9.17, 15) is 14.0 Å². The number of nitrogens with one attached hydrogen (secondary N) is 1. The van der Waals surface area contributed by atoms with Gasteiger partial charge in [0, 0.05) is 44.6 Å². The molecule has 2 aromatic rings. The van der Waals surface area contributed by atoms with Crippen LogP contribution >= 0.6 is 0 Å². The Morgan fingerprint density at radius 1 is 1.25 bits per heavy atom. The minimum atomic E-state index is -1.26. The van der Waals surface area contributed by atoms with Gasteiger partial charge in [0.15, 0.2) is 0 Å². The highest BCUT2D eigenvalue weighted by Crippen LogP contribution is 2.41. The fraction of sp³-hybridized carbons (Fsp3) is 0.552. The van der Waals surface area contributed by atoms with Crippen LogP contribution in [0.1, 0.15) is 62.0 Å². The number of halogens is 1. The molecule has 10 nitrogen and oxygen atoms in total. The number of carbonyl (C=O) groups excluding carboxylic acids is 2. The molecule has 2 saturated heterocycles. The first-order valence-corrected chi connectivity index (χ1v) is 14.1. The molecule has 3 aliphatic rings. The predicted octanol–water partition coefficient (Wildman–Crippen LogP) is 4.21. The zero-order valence-corrected chi connectivity index (χ0v) is 23.4. The number of cyclic esters (lactones) is 1. The van der Waals surface area contributed by atoms with Crippen LogP contribution in [0.25, 0.3) is 0 Å². The van der Waals surface area contributed by atoms with Crippen LogP contribution in [-0.2, 0) is 9.53 Å². The van der Waals surface area contributed by atoms with Gasteiger partial charge in [-0.2, -0.15) is 4.98 Å². The number of hydrogen-bond donors (Lipinski definition) is 1. The number of alkyl halides is 1. The molecule has 1 N–H and O–H groups in total. The molecule has 4 atom stereocenters. The predicted molar refractivity (Wildman–Crippen MR) is 150 cm³/mol. The first kappa shape index (κ1) is 27.9. The average Bonchev–Trinajstić information content (AvgIpc) is 3.69. The summed E-state index contributed by atoms with van der Waals surface area (Å²) in [6, 6.07) is 3.01. The van der Waals surface area contributed by atoms with Crippen molar-refractivity contribution in [3.8, 4) is 0 Å². The van der Waals surface area contributed by atoms with Crippen molar-refractivity contribution in [2.45, 2.75) is 64.3 Å². The molecule has 1 saturated carbocycles. The first-order valence-electron chi connectivity index (χ1n) is 14.1. The molecular weight excluding hydrogens is 513 g/mol. The van der Waals surface area contributed by atoms with E-state index in [1.165, 1.54) is 48.1 Å². The van der Waals surface area contributed by atoms with Crippen LogP contribution in [0.4, 0.5) is 21.0 Å². The molecule has 0 aromatic carbocycles. The molecule has 1 aliphatic carbocycles. The second-order valence-electron chi connectivity index (χ2n) is 11.0. The third kappa shape index (κ3) is 6.09. The molecule has 0 spiro atoms. The van der Waals surface area contributed by atoms with Crippen LogP contribution in [0.3, 0.4) is 0 Å². The van der Waals surface area contributed by atoms with E-state index in [0.717, 1.165) is 31.1 Å². The van der Waals surface area contributed by atoms with Gasteiger partial charge < -0.3 is 15.0 Å². The zero-order chi connectivity index (χ0) is 28.4. The standard InChI is InChI=1S/C29H38FN7O3/c1-5-27(38)36-12-10-35(11-13-36)24(15-21-6-7-21)22-16-32-23(14-18(22)2)20(4)33-28-31-9-8-26(34-28)37-25(19(3)30)17-40-29(37)39/h5,8-9,14,16,19-21,24-25H,1,6-7,10-13,15,17H2,2-4H3,(H,31,33,34)/t19-,20-,24?,25+/m0/s1. The molecule has 2 aromatic heterocycles. The third-order valence-corrected chi connectivity index (χ3v) is 8.14. The SMILES string of the molecule is C=CC(=O)N1CCN(C(CC2CC2)c2cnc([C@H](C)Nc3nccc(N4C(=O)OC[C@@H]4[C@H](C)F)n3)cc2C)CC1. The van der Waals surface area contributed by atoms with Gasteiger partial charge in [0.1, 0.15) is 24.6 Å². The molecule has 0 bridgehead atoms. The number of rotatable bonds is 10. The molecule has 40 heavy (non-hydrogen) atoms. The van der Waals surface area contributed by atoms with Crippen molar-refractivity contribution in [3.05, 3.63) is 54.0 Å². The molecule has 4 heterocycles. The highest BCUT2D eigenvalue weighted by molar-refractivity contribution is 5.89. The minimum Gasteiger partial charge on any atom is -0.447 e. The lowest BCUT2D eigenvalue weighted by atomic mass is 9.95. The maximum atomic E-state index is 14.1. The van der Waals surface area contributed by atoms with Gasteiger partial charge in [-0.15, -0.1) is 0 Å². The van der Waals surface area contributed by atoms with Crippen molar-refractivity contribution < 1.29 is 18.7 Å². The topological polar surface area (TPSA) is 104 Å². The van der Waals surface area contributed by atoms with Crippen LogP contribution in [0.15, 0.2) is 37.2 Å². The molecule has 2 aliphatic heterocycles. The molecule has 2 amide bonds. The summed E-state index contributed by atoms with van der Waals surface area (Å²) in [4.78, 5) is 43.5. The summed E-state index contributed by atoms with van der Waals surface area (Å²) in [7, 11) is 0. The number of hydrogen-bond acceptors (Lipinski definition) is 8. The van der Waals surface area contributed by atoms with Gasteiger partial charge in [0.2, 0.25) is 11.9 Å². The van der Waals surface area contributed by atoms with Crippen LogP contribution in [0, 0.1) is 12.8 Å². The van der Waals surface area contributed by atoms with Crippen molar-refractivity contribution in [2.75, 3.05) is 43.0 Å². The summed E-state index contributed by atoms with van der Waals surface area (Å²) in [5, 5.41) is 3.27. The number of carbonyl (C=O) groups is 2. The Morgan fingerprint density at radius 2 is 2.00 bits per heavy atom. The van der Waals surface area contributed by atoms with Crippen molar-refractivity contribution >= 4 is 23.8 Å². The summed E-state index contributed by atoms with van der Waals surface area (Å²) < 4.78 is 19.1. The van der Waals surface area contributed by atoms with E-state index in [2.05, 4.69) is 39.8 Å². The van der Waals surface area contributed by atoms with E-state index in [-0.39, 0.29) is 24.6 Å². The molecule has 214 valence electrons. The number of ether oxygens (including phenoxy) is 1. The maximum absolute atomic E-state index is 14.1. The quantitative estimate of drug-likeness (QED) is 0.438. The Hall–Kier alpha value is -3.60. The molecular formula is C29H38FN7O3. The monoisotopic (exact) mass is 551 g/mol. The fourth-order valence-electron chi connectivity index (χ4n) is 5.56. The van der Waals surface area contributed by atoms with Crippen molar-refractivity contribution in [2.24, 2.45) is 5.92 Å². The van der Waals surface area contributed by atoms with Crippen molar-refractivity contribution in [1.82, 2.24) is 24.8 Å². The van der Waals surface area contributed by atoms with Gasteiger partial charge in [-0.1, -0.05) is 19.4 Å². The normalized spacial score (nSPS) is 22.0. The Balaban J connectivity index is 1.29. The van der Waals surface area contributed by atoms with E-state index in [1.54, 1.807) is 6.07 Å². The van der Waals surface area contributed by atoms with E-state index in [0.29, 0.717) is 24.9 Å². The fourth-order valence-corrected chi connectivity index (χ4v) is 5.56. The number of pyridine rings is 1. The Labute approximate surface area is 234 Å². The first-order chi connectivity index (χ1) is 19.2. The Bertz CT molecular complexity index is 1250. The zero-order valence-electron chi connectivity index (χ0n) is 23.4. The third-order valence-electron chi connectivity index (χ3n) is 8.14. The summed E-state index contributed by atoms with van der Waals surface area (Å²) in [5.74, 6) is 1.35. The minimum absolute atomic E-state index is 0.00579. The lowest BCUT2D eigenvalue weighted by molar-refractivity contribution is -0.128. The molecule has 11 heteroatoms. The Morgan fingerprint density at radius 3 is 2.65 bits per heavy atom. The van der Waals surface area contributed by atoms with Gasteiger partial charge in [0.05, 0.1) is 11.7 Å². The summed E-state index contributed by atoms with van der Waals surface area (Å²) in [6.45, 7) is 12.2. The Kier molecular flexibility index (Phi) is 8.30. The smallest absolute Gasteiger partial charge is 0.416 e. The van der Waals surface area contributed by atoms with Gasteiger partial charge in [-0.25, -0.2) is 14.2 Å². The summed E-state index contributed by atoms with van der Waals surface area (Å²) >= 11 is 0. The van der Waals surface area contributed by atoms with Crippen LogP contribution < -0.4 is 10.2 Å². The molecule has 3 fully saturated rings. The van der Waals surface area contributed by atoms with Crippen molar-refractivity contribution in [1.29, 1.82) is 0 Å². The van der Waals surface area contributed by atoms with Crippen LogP contribution in [0.5, 0.6) is 0 Å². The number of anilines is 2. The highest BCUT2D eigenvalue weighted by atomic mass is 19.1. The maximum Gasteiger partial charge on any atom is 0.416 e. The number of piperazine rings is 1. The number of aryl methyl sites for hydroxylation is 1. The van der Waals surface area contributed by atoms with Crippen molar-refractivity contribution in [3.63, 3.8) is 0 Å². The average molecular weight is 552 g/mol. The van der Waals surface area contributed by atoms with E-state index >= 15 is 0 Å². The summed E-state index contributed by atoms with van der Waals surface area (Å²) in [5.41, 5.74) is 3.24. The molecule has 5 rings (SSSR count). The second kappa shape index (κ2) is 11.9.